The second kappa shape index (κ2) is 6.42. The minimum atomic E-state index is 0.139. The molecule has 0 amide bonds. The van der Waals surface area contributed by atoms with Gasteiger partial charge in [-0.2, -0.15) is 0 Å². The molecule has 104 valence electrons. The minimum Gasteiger partial charge on any atom is -0.367 e. The third-order valence-electron chi connectivity index (χ3n) is 3.43. The molecule has 0 saturated heterocycles. The van der Waals surface area contributed by atoms with Crippen molar-refractivity contribution in [3.8, 4) is 0 Å². The summed E-state index contributed by atoms with van der Waals surface area (Å²) in [6.07, 6.45) is 0.882. The van der Waals surface area contributed by atoms with Crippen molar-refractivity contribution in [2.75, 3.05) is 11.9 Å². The monoisotopic (exact) mass is 351 g/mol. The van der Waals surface area contributed by atoms with Gasteiger partial charge in [-0.25, -0.2) is 0 Å². The van der Waals surface area contributed by atoms with Crippen LogP contribution in [0.25, 0.3) is 0 Å². The molecule has 2 aromatic rings. The zero-order chi connectivity index (χ0) is 14.7. The van der Waals surface area contributed by atoms with Crippen molar-refractivity contribution in [2.24, 2.45) is 0 Å². The fraction of sp³-hybridized carbons (Fsp3) is 0.188. The fourth-order valence-corrected chi connectivity index (χ4v) is 2.57. The molecular weight excluding hydrogens is 338 g/mol. The Bertz CT molecular complexity index is 612. The summed E-state index contributed by atoms with van der Waals surface area (Å²) in [5, 5.41) is 0.722. The first kappa shape index (κ1) is 15.1. The van der Waals surface area contributed by atoms with Crippen LogP contribution in [0.5, 0.6) is 0 Å². The Morgan fingerprint density at radius 1 is 1.20 bits per heavy atom. The van der Waals surface area contributed by atoms with Gasteiger partial charge in [0, 0.05) is 27.8 Å². The van der Waals surface area contributed by atoms with E-state index >= 15 is 0 Å². The summed E-state index contributed by atoms with van der Waals surface area (Å²) in [4.78, 5) is 13.3. The summed E-state index contributed by atoms with van der Waals surface area (Å²) in [7, 11) is 1.98. The van der Waals surface area contributed by atoms with Gasteiger partial charge in [0.1, 0.15) is 0 Å². The van der Waals surface area contributed by atoms with E-state index in [1.807, 2.05) is 49.5 Å². The quantitative estimate of drug-likeness (QED) is 0.712. The van der Waals surface area contributed by atoms with Gasteiger partial charge < -0.3 is 4.90 Å². The number of carbonyl (C=O) groups excluding carboxylic acids is 1. The molecule has 0 radical (unpaired) electrons. The van der Waals surface area contributed by atoms with Crippen LogP contribution in [0, 0.1) is 0 Å². The Morgan fingerprint density at radius 2 is 1.85 bits per heavy atom. The zero-order valence-corrected chi connectivity index (χ0v) is 13.6. The van der Waals surface area contributed by atoms with E-state index < -0.39 is 0 Å². The van der Waals surface area contributed by atoms with Gasteiger partial charge in [0.25, 0.3) is 0 Å². The van der Waals surface area contributed by atoms with Crippen LogP contribution < -0.4 is 4.90 Å². The number of hydrogen-bond acceptors (Lipinski definition) is 2. The lowest BCUT2D eigenvalue weighted by atomic mass is 10.1. The van der Waals surface area contributed by atoms with E-state index in [0.29, 0.717) is 5.56 Å². The van der Waals surface area contributed by atoms with Crippen LogP contribution in [0.4, 0.5) is 5.69 Å². The maximum absolute atomic E-state index is 11.2. The smallest absolute Gasteiger partial charge is 0.152 e. The molecule has 0 saturated carbocycles. The number of hydrogen-bond donors (Lipinski definition) is 0. The average Bonchev–Trinajstić information content (AvgIpc) is 2.46. The van der Waals surface area contributed by atoms with Crippen molar-refractivity contribution in [3.63, 3.8) is 0 Å². The summed E-state index contributed by atoms with van der Waals surface area (Å²) in [6.45, 7) is 2.10. The molecule has 0 bridgehead atoms. The van der Waals surface area contributed by atoms with E-state index in [2.05, 4.69) is 27.8 Å². The summed E-state index contributed by atoms with van der Waals surface area (Å²) in [5.74, 6) is 0. The van der Waals surface area contributed by atoms with Gasteiger partial charge in [-0.3, -0.25) is 4.79 Å². The first-order valence-corrected chi connectivity index (χ1v) is 7.43. The van der Waals surface area contributed by atoms with E-state index in [1.165, 1.54) is 0 Å². The van der Waals surface area contributed by atoms with Crippen molar-refractivity contribution in [1.82, 2.24) is 0 Å². The third-order valence-corrected chi connectivity index (χ3v) is 4.18. The average molecular weight is 353 g/mol. The molecule has 0 heterocycles. The number of carbonyl (C=O) groups is 1. The molecule has 0 aliphatic carbocycles. The standard InChI is InChI=1S/C16H15BrClNO/c1-11(12-4-7-15(18)8-5-12)19(2)16-9-14(17)6-3-13(16)10-20/h3-11H,1-2H3. The molecule has 0 aliphatic rings. The zero-order valence-electron chi connectivity index (χ0n) is 11.3. The Labute approximate surface area is 132 Å². The Hall–Kier alpha value is -1.32. The van der Waals surface area contributed by atoms with Crippen molar-refractivity contribution in [2.45, 2.75) is 13.0 Å². The number of halogens is 2. The highest BCUT2D eigenvalue weighted by Crippen LogP contribution is 2.30. The highest BCUT2D eigenvalue weighted by Gasteiger charge is 2.15. The predicted molar refractivity (Wildman–Crippen MR) is 87.8 cm³/mol. The van der Waals surface area contributed by atoms with Crippen LogP contribution in [0.3, 0.4) is 0 Å². The maximum Gasteiger partial charge on any atom is 0.152 e. The van der Waals surface area contributed by atoms with Crippen LogP contribution >= 0.6 is 27.5 Å². The summed E-state index contributed by atoms with van der Waals surface area (Å²) >= 11 is 9.36. The SMILES string of the molecule is CC(c1ccc(Cl)cc1)N(C)c1cc(Br)ccc1C=O. The molecular formula is C16H15BrClNO. The van der Waals surface area contributed by atoms with Crippen molar-refractivity contribution in [1.29, 1.82) is 0 Å². The maximum atomic E-state index is 11.2. The first-order chi connectivity index (χ1) is 9.52. The van der Waals surface area contributed by atoms with Crippen molar-refractivity contribution < 1.29 is 4.79 Å². The highest BCUT2D eigenvalue weighted by atomic mass is 79.9. The molecule has 0 N–H and O–H groups in total. The van der Waals surface area contributed by atoms with Gasteiger partial charge in [-0.05, 0) is 42.8 Å². The second-order valence-electron chi connectivity index (χ2n) is 4.66. The summed E-state index contributed by atoms with van der Waals surface area (Å²) in [6, 6.07) is 13.5. The van der Waals surface area contributed by atoms with Crippen LogP contribution in [-0.2, 0) is 0 Å². The lowest BCUT2D eigenvalue weighted by Gasteiger charge is -2.28. The Morgan fingerprint density at radius 3 is 2.45 bits per heavy atom. The first-order valence-electron chi connectivity index (χ1n) is 6.26. The van der Waals surface area contributed by atoms with Crippen LogP contribution in [0.1, 0.15) is 28.9 Å². The molecule has 0 aromatic heterocycles. The second-order valence-corrected chi connectivity index (χ2v) is 6.01. The topological polar surface area (TPSA) is 20.3 Å². The van der Waals surface area contributed by atoms with Gasteiger partial charge in [0.05, 0.1) is 6.04 Å². The molecule has 1 atom stereocenters. The van der Waals surface area contributed by atoms with Crippen molar-refractivity contribution >= 4 is 39.5 Å². The number of benzene rings is 2. The van der Waals surface area contributed by atoms with E-state index in [4.69, 9.17) is 11.6 Å². The molecule has 0 aliphatic heterocycles. The molecule has 2 nitrogen and oxygen atoms in total. The molecule has 20 heavy (non-hydrogen) atoms. The minimum absolute atomic E-state index is 0.139. The van der Waals surface area contributed by atoms with Gasteiger partial charge in [0.15, 0.2) is 6.29 Å². The normalized spacial score (nSPS) is 12.0. The largest absolute Gasteiger partial charge is 0.367 e. The van der Waals surface area contributed by atoms with Crippen molar-refractivity contribution in [3.05, 3.63) is 63.1 Å². The van der Waals surface area contributed by atoms with Crippen LogP contribution in [0.2, 0.25) is 5.02 Å². The van der Waals surface area contributed by atoms with E-state index in [1.54, 1.807) is 0 Å². The Kier molecular flexibility index (Phi) is 4.84. The molecule has 0 fully saturated rings. The van der Waals surface area contributed by atoms with E-state index in [-0.39, 0.29) is 6.04 Å². The van der Waals surface area contributed by atoms with E-state index in [0.717, 1.165) is 27.0 Å². The fourth-order valence-electron chi connectivity index (χ4n) is 2.10. The number of nitrogens with zero attached hydrogens (tertiary/aromatic N) is 1. The Balaban J connectivity index is 2.35. The van der Waals surface area contributed by atoms with Gasteiger partial charge in [0.2, 0.25) is 0 Å². The van der Waals surface area contributed by atoms with E-state index in [9.17, 15) is 4.79 Å². The number of rotatable bonds is 4. The number of aldehydes is 1. The lowest BCUT2D eigenvalue weighted by Crippen LogP contribution is -2.22. The third kappa shape index (κ3) is 3.22. The van der Waals surface area contributed by atoms with Crippen LogP contribution in [-0.4, -0.2) is 13.3 Å². The highest BCUT2D eigenvalue weighted by molar-refractivity contribution is 9.10. The van der Waals surface area contributed by atoms with Gasteiger partial charge >= 0.3 is 0 Å². The summed E-state index contributed by atoms with van der Waals surface area (Å²) < 4.78 is 0.952. The molecule has 0 spiro atoms. The lowest BCUT2D eigenvalue weighted by molar-refractivity contribution is 0.112. The molecule has 4 heteroatoms. The van der Waals surface area contributed by atoms with Gasteiger partial charge in [-0.1, -0.05) is 39.7 Å². The predicted octanol–water partition coefficient (Wildman–Crippen LogP) is 5.11. The molecule has 2 aromatic carbocycles. The van der Waals surface area contributed by atoms with Gasteiger partial charge in [-0.15, -0.1) is 0 Å². The summed E-state index contributed by atoms with van der Waals surface area (Å²) in [5.41, 5.74) is 2.72. The molecule has 2 rings (SSSR count). The molecule has 1 unspecified atom stereocenters. The van der Waals surface area contributed by atoms with Crippen LogP contribution in [0.15, 0.2) is 46.9 Å². The number of anilines is 1.